The fourth-order valence-corrected chi connectivity index (χ4v) is 9.65. The molecule has 0 bridgehead atoms. The van der Waals surface area contributed by atoms with Crippen LogP contribution in [0.5, 0.6) is 17.2 Å². The zero-order chi connectivity index (χ0) is 49.1. The van der Waals surface area contributed by atoms with Crippen LogP contribution in [0.15, 0.2) is 67.3 Å². The van der Waals surface area contributed by atoms with E-state index in [1.54, 1.807) is 49.9 Å². The highest BCUT2D eigenvalue weighted by Crippen LogP contribution is 2.44. The third kappa shape index (κ3) is 10.2. The van der Waals surface area contributed by atoms with Crippen molar-refractivity contribution in [3.8, 4) is 39.8 Å². The number of nitrogens with zero attached hydrogens (tertiary/aromatic N) is 4. The van der Waals surface area contributed by atoms with Gasteiger partial charge in [0.05, 0.1) is 57.0 Å². The number of alkyl halides is 2. The Morgan fingerprint density at radius 3 is 1.80 bits per heavy atom. The molecule has 0 saturated carbocycles. The minimum atomic E-state index is -3.07. The van der Waals surface area contributed by atoms with Gasteiger partial charge in [-0.3, -0.25) is 19.6 Å². The lowest BCUT2D eigenvalue weighted by Gasteiger charge is -2.21. The Morgan fingerprint density at radius 2 is 1.30 bits per heavy atom. The molecule has 2 amide bonds. The van der Waals surface area contributed by atoms with Crippen LogP contribution in [0.1, 0.15) is 63.4 Å². The van der Waals surface area contributed by atoms with Crippen molar-refractivity contribution in [2.24, 2.45) is 0 Å². The lowest BCUT2D eigenvalue weighted by atomic mass is 10.0. The van der Waals surface area contributed by atoms with E-state index in [2.05, 4.69) is 65.1 Å². The van der Waals surface area contributed by atoms with Crippen molar-refractivity contribution in [3.05, 3.63) is 112 Å². The molecule has 8 heterocycles. The van der Waals surface area contributed by atoms with E-state index in [9.17, 15) is 27.2 Å². The van der Waals surface area contributed by atoms with Crippen molar-refractivity contribution in [3.63, 3.8) is 0 Å². The summed E-state index contributed by atoms with van der Waals surface area (Å²) in [6.07, 6.45) is 12.2. The van der Waals surface area contributed by atoms with Crippen LogP contribution in [0.3, 0.4) is 0 Å². The maximum Gasteiger partial charge on any atom is 0.387 e. The quantitative estimate of drug-likeness (QED) is 0.0575. The lowest BCUT2D eigenvalue weighted by Crippen LogP contribution is -2.31. The van der Waals surface area contributed by atoms with Gasteiger partial charge in [-0.15, -0.1) is 0 Å². The third-order valence-corrected chi connectivity index (χ3v) is 13.5. The van der Waals surface area contributed by atoms with Gasteiger partial charge in [0.2, 0.25) is 0 Å². The fraction of sp³-hybridized carbons (Fsp3) is 0.360. The number of carbonyl (C=O) groups is 2. The largest absolute Gasteiger partial charge is 0.490 e. The van der Waals surface area contributed by atoms with E-state index in [1.165, 1.54) is 12.1 Å². The standard InChI is InChI=1S/C25H26ClF2N5O3.C25H27F2N5O2/c1-33-11-3-4-14(33)13-35-19-12-29-9-7-15(19)21-22(20-17(31-21)8-10-30-24(20)34)32-18-6-2-5-16(26)23(18)36-25(27)28;1-14-18(27)10-15(26)11-20(14)31-24-22-19(6-8-29-25(22)33)30-23(24)17-5-7-28-12-21(17)34-13-16-4-3-9-32(16)2/h2,5-7,9,12,14,25,31-32H,3-4,8,10-11,13H2,1H3,(H,30,34);5,7,10-12,16,30-31H,3-4,6,8-9,13H2,1-2H3,(H,29,33)/t14-;16-/m00/s1. The Labute approximate surface area is 406 Å². The summed E-state index contributed by atoms with van der Waals surface area (Å²) >= 11 is 6.17. The van der Waals surface area contributed by atoms with Gasteiger partial charge in [0, 0.05) is 90.2 Å². The minimum absolute atomic E-state index is 0.0179. The van der Waals surface area contributed by atoms with Gasteiger partial charge < -0.3 is 55.2 Å². The molecule has 2 fully saturated rings. The summed E-state index contributed by atoms with van der Waals surface area (Å²) in [6.45, 7) is 2.58. The predicted molar refractivity (Wildman–Crippen MR) is 258 cm³/mol. The number of aromatic nitrogens is 4. The summed E-state index contributed by atoms with van der Waals surface area (Å²) in [5.41, 5.74) is 6.50. The SMILES string of the molecule is CN1CCC[C@H]1COc1cnccc1-c1[nH]c2c(c1Nc1cccc(Cl)c1OC(F)F)C(=O)NCC2.Cc1c(F)cc(F)cc1Nc1c(-c2ccncc2OC[C@@H]2CCCN2C)[nH]c2c1C(=O)NCC2. The van der Waals surface area contributed by atoms with Gasteiger partial charge in [-0.05, 0) is 90.1 Å². The topological polar surface area (TPSA) is 174 Å². The van der Waals surface area contributed by atoms with E-state index in [1.807, 2.05) is 6.07 Å². The molecule has 4 aromatic heterocycles. The van der Waals surface area contributed by atoms with Gasteiger partial charge in [0.25, 0.3) is 11.8 Å². The molecule has 0 radical (unpaired) electrons. The number of fused-ring (bicyclic) bond motifs is 2. The molecule has 0 unspecified atom stereocenters. The number of halogens is 5. The normalized spacial score (nSPS) is 17.8. The van der Waals surface area contributed by atoms with E-state index in [0.717, 1.165) is 61.8 Å². The van der Waals surface area contributed by atoms with Crippen molar-refractivity contribution < 1.29 is 41.4 Å². The molecular weight excluding hydrogens is 932 g/mol. The number of hydrogen-bond donors (Lipinski definition) is 6. The third-order valence-electron chi connectivity index (χ3n) is 13.2. The Balaban J connectivity index is 0.000000174. The van der Waals surface area contributed by atoms with Gasteiger partial charge in [0.15, 0.2) is 5.75 Å². The molecule has 2 aromatic carbocycles. The Morgan fingerprint density at radius 1 is 0.771 bits per heavy atom. The predicted octanol–water partition coefficient (Wildman–Crippen LogP) is 9.00. The second-order valence-corrected chi connectivity index (χ2v) is 18.1. The molecule has 10 rings (SSSR count). The number of likely N-dealkylation sites (tertiary alicyclic amines) is 2. The molecule has 2 saturated heterocycles. The molecule has 15 nitrogen and oxygen atoms in total. The number of likely N-dealkylation sites (N-methyl/N-ethyl adjacent to an activating group) is 2. The zero-order valence-electron chi connectivity index (χ0n) is 38.8. The number of aromatic amines is 2. The van der Waals surface area contributed by atoms with Crippen LogP contribution in [-0.4, -0.2) is 114 Å². The molecule has 4 aliphatic rings. The monoisotopic (exact) mass is 984 g/mol. The van der Waals surface area contributed by atoms with Crippen LogP contribution >= 0.6 is 11.6 Å². The molecule has 2 atom stereocenters. The molecule has 368 valence electrons. The first-order valence-electron chi connectivity index (χ1n) is 23.2. The summed E-state index contributed by atoms with van der Waals surface area (Å²) < 4.78 is 71.6. The average molecular weight is 985 g/mol. The summed E-state index contributed by atoms with van der Waals surface area (Å²) in [5.74, 6) is -0.960. The molecule has 4 aliphatic heterocycles. The van der Waals surface area contributed by atoms with Crippen LogP contribution in [-0.2, 0) is 12.8 Å². The van der Waals surface area contributed by atoms with E-state index < -0.39 is 18.2 Å². The first-order valence-corrected chi connectivity index (χ1v) is 23.6. The van der Waals surface area contributed by atoms with Crippen molar-refractivity contribution >= 4 is 46.2 Å². The second-order valence-electron chi connectivity index (χ2n) is 17.7. The summed E-state index contributed by atoms with van der Waals surface area (Å²) in [5, 5.41) is 12.0. The van der Waals surface area contributed by atoms with Gasteiger partial charge in [-0.25, -0.2) is 8.78 Å². The van der Waals surface area contributed by atoms with E-state index in [-0.39, 0.29) is 39.5 Å². The number of H-pyrrole nitrogens is 2. The average Bonchev–Trinajstić information content (AvgIpc) is 4.14. The van der Waals surface area contributed by atoms with Crippen molar-refractivity contribution in [1.29, 1.82) is 0 Å². The Bertz CT molecular complexity index is 2900. The van der Waals surface area contributed by atoms with Gasteiger partial charge >= 0.3 is 6.61 Å². The van der Waals surface area contributed by atoms with Crippen LogP contribution in [0, 0.1) is 18.6 Å². The summed E-state index contributed by atoms with van der Waals surface area (Å²) in [7, 11) is 4.17. The molecule has 20 heteroatoms. The van der Waals surface area contributed by atoms with Crippen LogP contribution in [0.2, 0.25) is 5.02 Å². The van der Waals surface area contributed by atoms with Gasteiger partial charge in [-0.1, -0.05) is 17.7 Å². The van der Waals surface area contributed by atoms with Crippen molar-refractivity contribution in [2.75, 3.05) is 64.1 Å². The highest BCUT2D eigenvalue weighted by molar-refractivity contribution is 6.32. The van der Waals surface area contributed by atoms with E-state index in [4.69, 9.17) is 25.8 Å². The Hall–Kier alpha value is -6.83. The smallest absolute Gasteiger partial charge is 0.387 e. The highest BCUT2D eigenvalue weighted by atomic mass is 35.5. The Kier molecular flexibility index (Phi) is 14.5. The van der Waals surface area contributed by atoms with Crippen molar-refractivity contribution in [1.82, 2.24) is 40.4 Å². The molecular formula is C50H53ClF4N10O5. The second kappa shape index (κ2) is 21.0. The zero-order valence-corrected chi connectivity index (χ0v) is 39.5. The van der Waals surface area contributed by atoms with Crippen LogP contribution in [0.25, 0.3) is 22.5 Å². The van der Waals surface area contributed by atoms with Crippen molar-refractivity contribution in [2.45, 2.75) is 64.1 Å². The molecule has 6 aromatic rings. The highest BCUT2D eigenvalue weighted by Gasteiger charge is 2.32. The first-order chi connectivity index (χ1) is 33.8. The minimum Gasteiger partial charge on any atom is -0.490 e. The number of benzene rings is 2. The molecule has 6 N–H and O–H groups in total. The number of ether oxygens (including phenoxy) is 3. The number of hydrogen-bond acceptors (Lipinski definition) is 11. The first kappa shape index (κ1) is 48.2. The van der Waals surface area contributed by atoms with Crippen LogP contribution < -0.4 is 35.5 Å². The number of anilines is 4. The molecule has 0 spiro atoms. The number of nitrogens with one attached hydrogen (secondary N) is 6. The maximum atomic E-state index is 14.3. The molecule has 70 heavy (non-hydrogen) atoms. The number of pyridine rings is 2. The summed E-state index contributed by atoms with van der Waals surface area (Å²) in [4.78, 5) is 45.4. The number of para-hydroxylation sites is 1. The lowest BCUT2D eigenvalue weighted by molar-refractivity contribution is -0.0493. The van der Waals surface area contributed by atoms with Crippen LogP contribution in [0.4, 0.5) is 40.3 Å². The number of amides is 2. The fourth-order valence-electron chi connectivity index (χ4n) is 9.43. The maximum absolute atomic E-state index is 14.3. The van der Waals surface area contributed by atoms with Gasteiger partial charge in [-0.2, -0.15) is 8.78 Å². The number of carbonyl (C=O) groups excluding carboxylic acids is 2. The van der Waals surface area contributed by atoms with Gasteiger partial charge in [0.1, 0.15) is 36.3 Å². The van der Waals surface area contributed by atoms with E-state index in [0.29, 0.717) is 102 Å². The molecule has 0 aliphatic carbocycles. The summed E-state index contributed by atoms with van der Waals surface area (Å²) in [6, 6.07) is 10.9. The number of rotatable bonds is 14. The van der Waals surface area contributed by atoms with E-state index >= 15 is 0 Å².